The summed E-state index contributed by atoms with van der Waals surface area (Å²) in [6.07, 6.45) is 0.679. The molecule has 2 aromatic carbocycles. The van der Waals surface area contributed by atoms with Crippen molar-refractivity contribution in [3.05, 3.63) is 65.5 Å². The lowest BCUT2D eigenvalue weighted by Gasteiger charge is -2.30. The predicted molar refractivity (Wildman–Crippen MR) is 111 cm³/mol. The standard InChI is InChI=1S/C23H29FN2O3/c1-16(2)23(28)26(15-19-5-9-20(24)10-6-19)17(3)22(27)25-14-13-18-7-11-21(29-4)12-8-18/h5-12,16-17H,13-15H2,1-4H3,(H,25,27)/t17-/m1/s1. The average molecular weight is 400 g/mol. The maximum atomic E-state index is 13.2. The van der Waals surface area contributed by atoms with E-state index in [0.29, 0.717) is 13.0 Å². The number of carbonyl (C=O) groups excluding carboxylic acids is 2. The molecule has 0 saturated carbocycles. The van der Waals surface area contributed by atoms with Gasteiger partial charge in [0.1, 0.15) is 17.6 Å². The van der Waals surface area contributed by atoms with Crippen molar-refractivity contribution in [2.45, 2.75) is 39.8 Å². The smallest absolute Gasteiger partial charge is 0.242 e. The molecule has 6 heteroatoms. The normalized spacial score (nSPS) is 11.8. The minimum absolute atomic E-state index is 0.118. The number of nitrogens with zero attached hydrogens (tertiary/aromatic N) is 1. The summed E-state index contributed by atoms with van der Waals surface area (Å²) in [4.78, 5) is 26.9. The molecule has 29 heavy (non-hydrogen) atoms. The van der Waals surface area contributed by atoms with Crippen molar-refractivity contribution in [3.8, 4) is 5.75 Å². The Morgan fingerprint density at radius 3 is 2.14 bits per heavy atom. The number of hydrogen-bond donors (Lipinski definition) is 1. The van der Waals surface area contributed by atoms with Gasteiger partial charge in [0.05, 0.1) is 7.11 Å². The Hall–Kier alpha value is -2.89. The Balaban J connectivity index is 1.98. The summed E-state index contributed by atoms with van der Waals surface area (Å²) in [5.41, 5.74) is 1.86. The molecule has 0 aliphatic carbocycles. The molecule has 5 nitrogen and oxygen atoms in total. The van der Waals surface area contributed by atoms with Gasteiger partial charge in [-0.25, -0.2) is 4.39 Å². The van der Waals surface area contributed by atoms with E-state index in [4.69, 9.17) is 4.74 Å². The molecule has 0 spiro atoms. The number of halogens is 1. The van der Waals surface area contributed by atoms with Gasteiger partial charge < -0.3 is 15.0 Å². The fraction of sp³-hybridized carbons (Fsp3) is 0.391. The molecule has 0 aliphatic rings. The fourth-order valence-corrected chi connectivity index (χ4v) is 2.94. The van der Waals surface area contributed by atoms with Crippen molar-refractivity contribution >= 4 is 11.8 Å². The number of carbonyl (C=O) groups is 2. The van der Waals surface area contributed by atoms with E-state index in [2.05, 4.69) is 5.32 Å². The van der Waals surface area contributed by atoms with E-state index in [-0.39, 0.29) is 30.1 Å². The van der Waals surface area contributed by atoms with Crippen molar-refractivity contribution in [2.75, 3.05) is 13.7 Å². The Bertz CT molecular complexity index is 804. The lowest BCUT2D eigenvalue weighted by atomic mass is 10.1. The zero-order chi connectivity index (χ0) is 21.4. The number of hydrogen-bond acceptors (Lipinski definition) is 3. The Labute approximate surface area is 171 Å². The maximum absolute atomic E-state index is 13.2. The van der Waals surface area contributed by atoms with E-state index >= 15 is 0 Å². The Morgan fingerprint density at radius 2 is 1.59 bits per heavy atom. The van der Waals surface area contributed by atoms with Crippen LogP contribution in [0.3, 0.4) is 0 Å². The molecule has 0 bridgehead atoms. The Kier molecular flexibility index (Phi) is 8.19. The van der Waals surface area contributed by atoms with Crippen LogP contribution in [0.4, 0.5) is 4.39 Å². The lowest BCUT2D eigenvalue weighted by molar-refractivity contribution is -0.143. The predicted octanol–water partition coefficient (Wildman–Crippen LogP) is 3.57. The molecule has 0 saturated heterocycles. The van der Waals surface area contributed by atoms with E-state index < -0.39 is 6.04 Å². The van der Waals surface area contributed by atoms with Gasteiger partial charge in [-0.05, 0) is 48.7 Å². The molecule has 0 unspecified atom stereocenters. The first-order valence-corrected chi connectivity index (χ1v) is 9.77. The van der Waals surface area contributed by atoms with Gasteiger partial charge in [-0.3, -0.25) is 9.59 Å². The van der Waals surface area contributed by atoms with Crippen LogP contribution in [0.5, 0.6) is 5.75 Å². The van der Waals surface area contributed by atoms with Gasteiger partial charge in [-0.15, -0.1) is 0 Å². The van der Waals surface area contributed by atoms with Crippen molar-refractivity contribution < 1.29 is 18.7 Å². The number of rotatable bonds is 9. The third kappa shape index (κ3) is 6.59. The second-order valence-electron chi connectivity index (χ2n) is 7.31. The van der Waals surface area contributed by atoms with Gasteiger partial charge in [0.15, 0.2) is 0 Å². The van der Waals surface area contributed by atoms with Gasteiger partial charge in [0.25, 0.3) is 0 Å². The second kappa shape index (κ2) is 10.6. The van der Waals surface area contributed by atoms with E-state index in [1.54, 1.807) is 44.9 Å². The highest BCUT2D eigenvalue weighted by Crippen LogP contribution is 2.14. The molecule has 2 amide bonds. The topological polar surface area (TPSA) is 58.6 Å². The summed E-state index contributed by atoms with van der Waals surface area (Å²) in [5.74, 6) is -0.124. The largest absolute Gasteiger partial charge is 0.497 e. The van der Waals surface area contributed by atoms with Crippen molar-refractivity contribution in [1.82, 2.24) is 10.2 Å². The first-order chi connectivity index (χ1) is 13.8. The summed E-state index contributed by atoms with van der Waals surface area (Å²) >= 11 is 0. The monoisotopic (exact) mass is 400 g/mol. The van der Waals surface area contributed by atoms with Crippen molar-refractivity contribution in [1.29, 1.82) is 0 Å². The number of benzene rings is 2. The van der Waals surface area contributed by atoms with Crippen LogP contribution in [0.15, 0.2) is 48.5 Å². The van der Waals surface area contributed by atoms with E-state index in [9.17, 15) is 14.0 Å². The number of amides is 2. The molecule has 2 aromatic rings. The lowest BCUT2D eigenvalue weighted by Crippen LogP contribution is -2.49. The first-order valence-electron chi connectivity index (χ1n) is 9.77. The van der Waals surface area contributed by atoms with Crippen LogP contribution < -0.4 is 10.1 Å². The summed E-state index contributed by atoms with van der Waals surface area (Å²) in [6, 6.07) is 13.0. The summed E-state index contributed by atoms with van der Waals surface area (Å²) < 4.78 is 18.3. The zero-order valence-electron chi connectivity index (χ0n) is 17.4. The Morgan fingerprint density at radius 1 is 1.00 bits per heavy atom. The van der Waals surface area contributed by atoms with Gasteiger partial charge >= 0.3 is 0 Å². The third-order valence-corrected chi connectivity index (χ3v) is 4.76. The highest BCUT2D eigenvalue weighted by molar-refractivity contribution is 5.88. The number of ether oxygens (including phenoxy) is 1. The molecule has 2 rings (SSSR count). The fourth-order valence-electron chi connectivity index (χ4n) is 2.94. The molecular formula is C23H29FN2O3. The van der Waals surface area contributed by atoms with Crippen LogP contribution in [0, 0.1) is 11.7 Å². The molecule has 0 fully saturated rings. The quantitative estimate of drug-likeness (QED) is 0.700. The van der Waals surface area contributed by atoms with Gasteiger partial charge in [0.2, 0.25) is 11.8 Å². The highest BCUT2D eigenvalue weighted by atomic mass is 19.1. The van der Waals surface area contributed by atoms with Crippen LogP contribution in [0.1, 0.15) is 31.9 Å². The van der Waals surface area contributed by atoms with E-state index in [1.165, 1.54) is 12.1 Å². The molecular weight excluding hydrogens is 371 g/mol. The summed E-state index contributed by atoms with van der Waals surface area (Å²) in [6.45, 7) is 6.04. The number of nitrogens with one attached hydrogen (secondary N) is 1. The highest BCUT2D eigenvalue weighted by Gasteiger charge is 2.27. The van der Waals surface area contributed by atoms with Crippen LogP contribution in [-0.4, -0.2) is 36.4 Å². The van der Waals surface area contributed by atoms with Crippen LogP contribution in [0.2, 0.25) is 0 Å². The minimum atomic E-state index is -0.633. The van der Waals surface area contributed by atoms with E-state index in [1.807, 2.05) is 24.3 Å². The molecule has 1 N–H and O–H groups in total. The number of methoxy groups -OCH3 is 1. The molecule has 156 valence electrons. The second-order valence-corrected chi connectivity index (χ2v) is 7.31. The molecule has 0 aliphatic heterocycles. The van der Waals surface area contributed by atoms with Crippen LogP contribution in [-0.2, 0) is 22.6 Å². The summed E-state index contributed by atoms with van der Waals surface area (Å²) in [7, 11) is 1.62. The van der Waals surface area contributed by atoms with Crippen LogP contribution in [0.25, 0.3) is 0 Å². The van der Waals surface area contributed by atoms with Crippen molar-refractivity contribution in [2.24, 2.45) is 5.92 Å². The van der Waals surface area contributed by atoms with E-state index in [0.717, 1.165) is 16.9 Å². The van der Waals surface area contributed by atoms with Crippen LogP contribution >= 0.6 is 0 Å². The van der Waals surface area contributed by atoms with Crippen molar-refractivity contribution in [3.63, 3.8) is 0 Å². The maximum Gasteiger partial charge on any atom is 0.242 e. The SMILES string of the molecule is COc1ccc(CCNC(=O)[C@@H](C)N(Cc2ccc(F)cc2)C(=O)C(C)C)cc1. The average Bonchev–Trinajstić information content (AvgIpc) is 2.72. The molecule has 0 heterocycles. The molecule has 1 atom stereocenters. The first kappa shape index (κ1) is 22.4. The third-order valence-electron chi connectivity index (χ3n) is 4.76. The minimum Gasteiger partial charge on any atom is -0.497 e. The van der Waals surface area contributed by atoms with Gasteiger partial charge in [-0.2, -0.15) is 0 Å². The molecule has 0 radical (unpaired) electrons. The van der Waals surface area contributed by atoms with Gasteiger partial charge in [0, 0.05) is 19.0 Å². The molecule has 0 aromatic heterocycles. The zero-order valence-corrected chi connectivity index (χ0v) is 17.4. The van der Waals surface area contributed by atoms with Gasteiger partial charge in [-0.1, -0.05) is 38.1 Å². The summed E-state index contributed by atoms with van der Waals surface area (Å²) in [5, 5.41) is 2.90.